The van der Waals surface area contributed by atoms with E-state index in [0.29, 0.717) is 18.9 Å². The Kier molecular flexibility index (Phi) is 4.97. The lowest BCUT2D eigenvalue weighted by atomic mass is 9.92. The molecular weight excluding hydrogens is 314 g/mol. The van der Waals surface area contributed by atoms with Crippen molar-refractivity contribution in [1.29, 1.82) is 0 Å². The van der Waals surface area contributed by atoms with E-state index in [4.69, 9.17) is 0 Å². The number of likely N-dealkylation sites (tertiary alicyclic amines) is 1. The van der Waals surface area contributed by atoms with E-state index in [0.717, 1.165) is 5.57 Å². The Morgan fingerprint density at radius 3 is 2.17 bits per heavy atom. The molecule has 3 nitrogen and oxygen atoms in total. The number of aliphatic hydroxyl groups is 1. The smallest absolute Gasteiger partial charge is 0.257 e. The first-order valence-corrected chi connectivity index (χ1v) is 7.22. The maximum atomic E-state index is 13.7. The maximum absolute atomic E-state index is 13.7. The molecule has 0 atom stereocenters. The zero-order valence-electron chi connectivity index (χ0n) is 12.8. The quantitative estimate of drug-likeness (QED) is 0.386. The summed E-state index contributed by atoms with van der Waals surface area (Å²) in [7, 11) is 0. The fraction of sp³-hybridized carbons (Fsp3) is 0.438. The van der Waals surface area contributed by atoms with E-state index in [1.165, 1.54) is 4.90 Å². The van der Waals surface area contributed by atoms with Crippen LogP contribution >= 0.6 is 0 Å². The molecule has 1 aromatic carbocycles. The van der Waals surface area contributed by atoms with Crippen molar-refractivity contribution in [3.8, 4) is 0 Å². The Morgan fingerprint density at radius 1 is 1.09 bits per heavy atom. The summed E-state index contributed by atoms with van der Waals surface area (Å²) in [6.07, 6.45) is 0.910. The summed E-state index contributed by atoms with van der Waals surface area (Å²) >= 11 is 0. The second-order valence-electron chi connectivity index (χ2n) is 5.80. The first-order valence-electron chi connectivity index (χ1n) is 7.22. The third-order valence-electron chi connectivity index (χ3n) is 4.01. The number of aliphatic hydroxyl groups excluding tert-OH is 1. The second kappa shape index (κ2) is 6.60. The minimum Gasteiger partial charge on any atom is -0.512 e. The van der Waals surface area contributed by atoms with Crippen LogP contribution in [0.4, 0.5) is 17.6 Å². The monoisotopic (exact) mass is 331 g/mol. The molecule has 0 aliphatic carbocycles. The van der Waals surface area contributed by atoms with Crippen LogP contribution in [0, 0.1) is 29.2 Å². The van der Waals surface area contributed by atoms with Gasteiger partial charge >= 0.3 is 0 Å². The van der Waals surface area contributed by atoms with Crippen LogP contribution in [-0.2, 0) is 0 Å². The number of carbonyl (C=O) groups is 1. The van der Waals surface area contributed by atoms with E-state index in [-0.39, 0.29) is 24.8 Å². The Hall–Kier alpha value is -2.05. The number of amides is 1. The average Bonchev–Trinajstić information content (AvgIpc) is 2.55. The Bertz CT molecular complexity index is 661. The van der Waals surface area contributed by atoms with Crippen LogP contribution < -0.4 is 0 Å². The Labute approximate surface area is 131 Å². The Balaban J connectivity index is 2.17. The molecule has 1 N–H and O–H groups in total. The van der Waals surface area contributed by atoms with E-state index >= 15 is 0 Å². The van der Waals surface area contributed by atoms with Gasteiger partial charge in [-0.15, -0.1) is 0 Å². The zero-order chi connectivity index (χ0) is 17.3. The number of benzene rings is 1. The van der Waals surface area contributed by atoms with E-state index in [9.17, 15) is 27.5 Å². The van der Waals surface area contributed by atoms with Crippen LogP contribution in [0.5, 0.6) is 0 Å². The van der Waals surface area contributed by atoms with Crippen molar-refractivity contribution in [3.05, 3.63) is 46.2 Å². The van der Waals surface area contributed by atoms with Crippen LogP contribution in [0.2, 0.25) is 0 Å². The van der Waals surface area contributed by atoms with Gasteiger partial charge in [0, 0.05) is 19.0 Å². The van der Waals surface area contributed by atoms with Crippen molar-refractivity contribution in [2.45, 2.75) is 26.7 Å². The van der Waals surface area contributed by atoms with Crippen molar-refractivity contribution >= 4 is 5.91 Å². The fourth-order valence-electron chi connectivity index (χ4n) is 2.66. The van der Waals surface area contributed by atoms with Gasteiger partial charge < -0.3 is 10.0 Å². The minimum atomic E-state index is -1.99. The van der Waals surface area contributed by atoms with Crippen LogP contribution in [0.3, 0.4) is 0 Å². The van der Waals surface area contributed by atoms with Gasteiger partial charge in [-0.05, 0) is 38.3 Å². The maximum Gasteiger partial charge on any atom is 0.257 e. The molecule has 0 unspecified atom stereocenters. The number of halogens is 4. The lowest BCUT2D eigenvalue weighted by molar-refractivity contribution is 0.0678. The van der Waals surface area contributed by atoms with Crippen LogP contribution in [0.15, 0.2) is 17.4 Å². The standard InChI is InChI=1S/C16H17F4NO2/c1-8(2)15(22)9-3-5-21(6-4-9)16(23)10-7-11(17)13(19)14(20)12(10)18/h7,9,22H,3-6H2,1-2H3. The van der Waals surface area contributed by atoms with Gasteiger partial charge in [0.05, 0.1) is 11.3 Å². The van der Waals surface area contributed by atoms with Gasteiger partial charge in [-0.2, -0.15) is 0 Å². The molecule has 23 heavy (non-hydrogen) atoms. The second-order valence-corrected chi connectivity index (χ2v) is 5.80. The highest BCUT2D eigenvalue weighted by atomic mass is 19.2. The molecule has 7 heteroatoms. The number of nitrogens with zero attached hydrogens (tertiary/aromatic N) is 1. The zero-order valence-corrected chi connectivity index (χ0v) is 12.8. The molecule has 0 saturated carbocycles. The average molecular weight is 331 g/mol. The Morgan fingerprint density at radius 2 is 1.65 bits per heavy atom. The summed E-state index contributed by atoms with van der Waals surface area (Å²) in [6.45, 7) is 3.96. The molecule has 126 valence electrons. The molecule has 2 rings (SSSR count). The SMILES string of the molecule is CC(C)=C(O)C1CCN(C(=O)c2cc(F)c(F)c(F)c2F)CC1. The summed E-state index contributed by atoms with van der Waals surface area (Å²) in [5.41, 5.74) is -0.0465. The molecule has 1 fully saturated rings. The highest BCUT2D eigenvalue weighted by Crippen LogP contribution is 2.27. The van der Waals surface area contributed by atoms with E-state index in [1.54, 1.807) is 13.8 Å². The van der Waals surface area contributed by atoms with Crippen LogP contribution in [0.25, 0.3) is 0 Å². The number of carbonyl (C=O) groups excluding carboxylic acids is 1. The summed E-state index contributed by atoms with van der Waals surface area (Å²) < 4.78 is 53.1. The lowest BCUT2D eigenvalue weighted by Crippen LogP contribution is -2.39. The number of hydrogen-bond donors (Lipinski definition) is 1. The van der Waals surface area contributed by atoms with E-state index < -0.39 is 34.7 Å². The van der Waals surface area contributed by atoms with E-state index in [1.807, 2.05) is 0 Å². The third kappa shape index (κ3) is 3.33. The molecule has 0 spiro atoms. The van der Waals surface area contributed by atoms with E-state index in [2.05, 4.69) is 0 Å². The molecule has 1 aliphatic heterocycles. The van der Waals surface area contributed by atoms with Gasteiger partial charge in [0.2, 0.25) is 0 Å². The predicted octanol–water partition coefficient (Wildman–Crippen LogP) is 3.95. The number of hydrogen-bond acceptors (Lipinski definition) is 2. The van der Waals surface area contributed by atoms with Crippen molar-refractivity contribution < 1.29 is 27.5 Å². The van der Waals surface area contributed by atoms with Crippen molar-refractivity contribution in [2.75, 3.05) is 13.1 Å². The first kappa shape index (κ1) is 17.3. The van der Waals surface area contributed by atoms with Gasteiger partial charge in [0.15, 0.2) is 23.3 Å². The van der Waals surface area contributed by atoms with Gasteiger partial charge in [0.1, 0.15) is 0 Å². The van der Waals surface area contributed by atoms with Gasteiger partial charge in [-0.3, -0.25) is 4.79 Å². The molecule has 1 heterocycles. The molecule has 0 aromatic heterocycles. The molecule has 1 saturated heterocycles. The van der Waals surface area contributed by atoms with Crippen molar-refractivity contribution in [2.24, 2.45) is 5.92 Å². The minimum absolute atomic E-state index is 0.101. The predicted molar refractivity (Wildman–Crippen MR) is 75.9 cm³/mol. The molecule has 0 bridgehead atoms. The highest BCUT2D eigenvalue weighted by molar-refractivity contribution is 5.94. The van der Waals surface area contributed by atoms with Gasteiger partial charge in [-0.25, -0.2) is 17.6 Å². The highest BCUT2D eigenvalue weighted by Gasteiger charge is 2.30. The van der Waals surface area contributed by atoms with Crippen LogP contribution in [-0.4, -0.2) is 29.0 Å². The number of rotatable bonds is 2. The summed E-state index contributed by atoms with van der Waals surface area (Å²) in [6, 6.07) is 0.371. The van der Waals surface area contributed by atoms with Gasteiger partial charge in [-0.1, -0.05) is 0 Å². The van der Waals surface area contributed by atoms with Crippen molar-refractivity contribution in [1.82, 2.24) is 4.90 Å². The molecule has 0 radical (unpaired) electrons. The molecule has 1 amide bonds. The third-order valence-corrected chi connectivity index (χ3v) is 4.01. The summed E-state index contributed by atoms with van der Waals surface area (Å²) in [4.78, 5) is 13.4. The number of allylic oxidation sites excluding steroid dienone is 2. The normalized spacial score (nSPS) is 15.7. The van der Waals surface area contributed by atoms with Crippen LogP contribution in [0.1, 0.15) is 37.0 Å². The lowest BCUT2D eigenvalue weighted by Gasteiger charge is -2.32. The summed E-state index contributed by atoms with van der Waals surface area (Å²) in [5, 5.41) is 9.92. The molecule has 1 aromatic rings. The number of piperidine rings is 1. The molecular formula is C16H17F4NO2. The molecule has 1 aliphatic rings. The van der Waals surface area contributed by atoms with Gasteiger partial charge in [0.25, 0.3) is 5.91 Å². The largest absolute Gasteiger partial charge is 0.512 e. The van der Waals surface area contributed by atoms with Crippen molar-refractivity contribution in [3.63, 3.8) is 0 Å². The topological polar surface area (TPSA) is 40.5 Å². The first-order chi connectivity index (χ1) is 10.7. The summed E-state index contributed by atoms with van der Waals surface area (Å²) in [5.74, 6) is -7.96. The fourth-order valence-corrected chi connectivity index (χ4v) is 2.66.